The SMILES string of the molecule is CCc1c(C(=O)N2Cc3ccccc3-c3ccccc3C2)cnn1-c1ccccn1. The largest absolute Gasteiger partial charge is 0.330 e. The number of carbonyl (C=O) groups is 1. The van der Waals surface area contributed by atoms with Crippen LogP contribution >= 0.6 is 0 Å². The molecule has 0 unspecified atom stereocenters. The summed E-state index contributed by atoms with van der Waals surface area (Å²) in [6.07, 6.45) is 4.11. The fourth-order valence-electron chi connectivity index (χ4n) is 4.19. The number of hydrogen-bond donors (Lipinski definition) is 0. The van der Waals surface area contributed by atoms with Gasteiger partial charge in [0, 0.05) is 19.3 Å². The Bertz CT molecular complexity index is 1170. The molecule has 0 bridgehead atoms. The highest BCUT2D eigenvalue weighted by Gasteiger charge is 2.26. The fraction of sp³-hybridized carbons (Fsp3) is 0.160. The molecule has 2 aromatic carbocycles. The summed E-state index contributed by atoms with van der Waals surface area (Å²) in [5, 5.41) is 4.49. The van der Waals surface area contributed by atoms with Gasteiger partial charge in [-0.3, -0.25) is 4.79 Å². The molecule has 4 aromatic rings. The van der Waals surface area contributed by atoms with E-state index < -0.39 is 0 Å². The van der Waals surface area contributed by atoms with Crippen molar-refractivity contribution in [3.05, 3.63) is 102 Å². The molecule has 1 aliphatic rings. The standard InChI is InChI=1S/C25H22N4O/c1-2-23-22(15-27-29(23)24-13-7-8-14-26-24)25(30)28-16-18-9-3-5-11-20(18)21-12-6-4-10-19(21)17-28/h3-15H,2,16-17H2,1H3. The zero-order chi connectivity index (χ0) is 20.5. The van der Waals surface area contributed by atoms with E-state index in [4.69, 9.17) is 0 Å². The Hall–Kier alpha value is -3.73. The van der Waals surface area contributed by atoms with Crippen molar-refractivity contribution in [3.63, 3.8) is 0 Å². The van der Waals surface area contributed by atoms with Gasteiger partial charge in [-0.1, -0.05) is 61.5 Å². The molecule has 1 amide bonds. The van der Waals surface area contributed by atoms with Crippen LogP contribution in [0, 0.1) is 0 Å². The third-order valence-electron chi connectivity index (χ3n) is 5.63. The minimum atomic E-state index is 0.000497. The molecule has 0 radical (unpaired) electrons. The maximum Gasteiger partial charge on any atom is 0.257 e. The van der Waals surface area contributed by atoms with E-state index in [9.17, 15) is 4.79 Å². The highest BCUT2D eigenvalue weighted by molar-refractivity contribution is 5.95. The molecule has 2 aromatic heterocycles. The molecule has 0 aliphatic carbocycles. The summed E-state index contributed by atoms with van der Waals surface area (Å²) < 4.78 is 1.77. The smallest absolute Gasteiger partial charge is 0.257 e. The lowest BCUT2D eigenvalue weighted by Crippen LogP contribution is -2.30. The number of rotatable bonds is 3. The number of aromatic nitrogens is 3. The number of amides is 1. The molecule has 0 fully saturated rings. The van der Waals surface area contributed by atoms with E-state index >= 15 is 0 Å². The third kappa shape index (κ3) is 3.08. The van der Waals surface area contributed by atoms with Crippen LogP contribution in [0.3, 0.4) is 0 Å². The Morgan fingerprint density at radius 1 is 0.900 bits per heavy atom. The van der Waals surface area contributed by atoms with Crippen molar-refractivity contribution < 1.29 is 4.79 Å². The molecule has 0 spiro atoms. The average molecular weight is 394 g/mol. The number of benzene rings is 2. The zero-order valence-electron chi connectivity index (χ0n) is 16.8. The molecule has 0 atom stereocenters. The van der Waals surface area contributed by atoms with Gasteiger partial charge in [0.2, 0.25) is 0 Å². The highest BCUT2D eigenvalue weighted by Crippen LogP contribution is 2.33. The van der Waals surface area contributed by atoms with E-state index in [0.29, 0.717) is 25.1 Å². The van der Waals surface area contributed by atoms with E-state index in [1.165, 1.54) is 11.1 Å². The maximum absolute atomic E-state index is 13.6. The Labute approximate surface area is 175 Å². The highest BCUT2D eigenvalue weighted by atomic mass is 16.2. The van der Waals surface area contributed by atoms with Gasteiger partial charge in [-0.25, -0.2) is 9.67 Å². The van der Waals surface area contributed by atoms with Gasteiger partial charge in [-0.05, 0) is 40.8 Å². The van der Waals surface area contributed by atoms with Crippen LogP contribution in [0.5, 0.6) is 0 Å². The van der Waals surface area contributed by atoms with Gasteiger partial charge in [-0.2, -0.15) is 5.10 Å². The predicted molar refractivity (Wildman–Crippen MR) is 116 cm³/mol. The number of nitrogens with zero attached hydrogens (tertiary/aromatic N) is 4. The molecule has 3 heterocycles. The second-order valence-electron chi connectivity index (χ2n) is 7.43. The van der Waals surface area contributed by atoms with E-state index in [0.717, 1.165) is 22.6 Å². The molecule has 1 aliphatic heterocycles. The zero-order valence-corrected chi connectivity index (χ0v) is 16.8. The summed E-state index contributed by atoms with van der Waals surface area (Å²) in [7, 11) is 0. The van der Waals surface area contributed by atoms with Gasteiger partial charge < -0.3 is 4.90 Å². The third-order valence-corrected chi connectivity index (χ3v) is 5.63. The van der Waals surface area contributed by atoms with Crippen molar-refractivity contribution in [1.29, 1.82) is 0 Å². The first-order valence-electron chi connectivity index (χ1n) is 10.2. The van der Waals surface area contributed by atoms with Crippen LogP contribution in [0.1, 0.15) is 34.1 Å². The second-order valence-corrected chi connectivity index (χ2v) is 7.43. The predicted octanol–water partition coefficient (Wildman–Crippen LogP) is 4.65. The van der Waals surface area contributed by atoms with Crippen LogP contribution in [0.25, 0.3) is 16.9 Å². The summed E-state index contributed by atoms with van der Waals surface area (Å²) in [5.41, 5.74) is 6.23. The Morgan fingerprint density at radius 3 is 2.13 bits per heavy atom. The molecule has 5 rings (SSSR count). The van der Waals surface area contributed by atoms with Gasteiger partial charge in [0.25, 0.3) is 5.91 Å². The number of pyridine rings is 1. The van der Waals surface area contributed by atoms with Crippen LogP contribution < -0.4 is 0 Å². The first-order valence-corrected chi connectivity index (χ1v) is 10.2. The van der Waals surface area contributed by atoms with Crippen LogP contribution in [0.15, 0.2) is 79.1 Å². The van der Waals surface area contributed by atoms with Crippen LogP contribution in [0.2, 0.25) is 0 Å². The van der Waals surface area contributed by atoms with Gasteiger partial charge in [0.1, 0.15) is 0 Å². The fourth-order valence-corrected chi connectivity index (χ4v) is 4.19. The van der Waals surface area contributed by atoms with Crippen LogP contribution in [-0.4, -0.2) is 25.6 Å². The summed E-state index contributed by atoms with van der Waals surface area (Å²) in [4.78, 5) is 20.0. The molecule has 148 valence electrons. The molecule has 0 saturated heterocycles. The lowest BCUT2D eigenvalue weighted by Gasteiger charge is -2.21. The summed E-state index contributed by atoms with van der Waals surface area (Å²) in [6, 6.07) is 22.4. The molecule has 5 nitrogen and oxygen atoms in total. The van der Waals surface area contributed by atoms with Gasteiger partial charge in [-0.15, -0.1) is 0 Å². The van der Waals surface area contributed by atoms with Gasteiger partial charge in [0.05, 0.1) is 17.5 Å². The average Bonchev–Trinajstić information content (AvgIpc) is 3.16. The van der Waals surface area contributed by atoms with Crippen molar-refractivity contribution in [3.8, 4) is 16.9 Å². The molecular weight excluding hydrogens is 372 g/mol. The lowest BCUT2D eigenvalue weighted by molar-refractivity contribution is 0.0731. The number of hydrogen-bond acceptors (Lipinski definition) is 3. The van der Waals surface area contributed by atoms with Gasteiger partial charge in [0.15, 0.2) is 5.82 Å². The maximum atomic E-state index is 13.6. The number of carbonyl (C=O) groups excluding carboxylic acids is 1. The Kier molecular flexibility index (Phi) is 4.64. The van der Waals surface area contributed by atoms with Gasteiger partial charge >= 0.3 is 0 Å². The van der Waals surface area contributed by atoms with Crippen molar-refractivity contribution >= 4 is 5.91 Å². The quantitative estimate of drug-likeness (QED) is 0.508. The van der Waals surface area contributed by atoms with Crippen molar-refractivity contribution in [2.45, 2.75) is 26.4 Å². The topological polar surface area (TPSA) is 51.0 Å². The minimum Gasteiger partial charge on any atom is -0.330 e. The minimum absolute atomic E-state index is 0.000497. The summed E-state index contributed by atoms with van der Waals surface area (Å²) >= 11 is 0. The van der Waals surface area contributed by atoms with Crippen molar-refractivity contribution in [2.75, 3.05) is 0 Å². The van der Waals surface area contributed by atoms with Crippen molar-refractivity contribution in [2.24, 2.45) is 0 Å². The van der Waals surface area contributed by atoms with E-state index in [2.05, 4.69) is 46.5 Å². The summed E-state index contributed by atoms with van der Waals surface area (Å²) in [6.45, 7) is 3.18. The molecule has 5 heteroatoms. The second kappa shape index (κ2) is 7.59. The Morgan fingerprint density at radius 2 is 1.53 bits per heavy atom. The van der Waals surface area contributed by atoms with E-state index in [1.807, 2.05) is 42.2 Å². The van der Waals surface area contributed by atoms with Crippen LogP contribution in [0.4, 0.5) is 0 Å². The van der Waals surface area contributed by atoms with E-state index in [1.54, 1.807) is 17.1 Å². The first-order chi connectivity index (χ1) is 14.8. The molecule has 30 heavy (non-hydrogen) atoms. The van der Waals surface area contributed by atoms with E-state index in [-0.39, 0.29) is 5.91 Å². The monoisotopic (exact) mass is 394 g/mol. The first kappa shape index (κ1) is 18.3. The lowest BCUT2D eigenvalue weighted by atomic mass is 9.97. The van der Waals surface area contributed by atoms with Crippen molar-refractivity contribution in [1.82, 2.24) is 19.7 Å². The molecule has 0 N–H and O–H groups in total. The molecule has 0 saturated carbocycles. The van der Waals surface area contributed by atoms with Crippen LogP contribution in [-0.2, 0) is 19.5 Å². The summed E-state index contributed by atoms with van der Waals surface area (Å²) in [5.74, 6) is 0.723. The molecular formula is C25H22N4O. The number of fused-ring (bicyclic) bond motifs is 3. The normalized spacial score (nSPS) is 12.8. The Balaban J connectivity index is 1.56.